The minimum Gasteiger partial charge on any atom is -0.391 e. The van der Waals surface area contributed by atoms with Crippen molar-refractivity contribution in [2.75, 3.05) is 45.9 Å². The summed E-state index contributed by atoms with van der Waals surface area (Å²) < 4.78 is 53.4. The van der Waals surface area contributed by atoms with E-state index in [1.165, 1.54) is 33.3 Å². The molecule has 0 saturated carbocycles. The number of morpholine rings is 1. The van der Waals surface area contributed by atoms with Gasteiger partial charge in [0, 0.05) is 55.7 Å². The lowest BCUT2D eigenvalue weighted by Crippen LogP contribution is -2.58. The van der Waals surface area contributed by atoms with Crippen molar-refractivity contribution in [2.24, 2.45) is 10.8 Å². The number of carbonyl (C=O) groups excluding carboxylic acids is 7. The molecule has 3 aromatic carbocycles. The van der Waals surface area contributed by atoms with Crippen LogP contribution in [0.15, 0.2) is 84.4 Å². The van der Waals surface area contributed by atoms with Crippen LogP contribution in [-0.2, 0) is 48.5 Å². The molecule has 2 aromatic heterocycles. The lowest BCUT2D eigenvalue weighted by molar-refractivity contribution is -0.150. The second-order valence-electron chi connectivity index (χ2n) is 23.9. The van der Waals surface area contributed by atoms with E-state index in [9.17, 15) is 61.8 Å². The number of aryl methyl sites for hydroxylation is 1. The number of ether oxygens (including phenoxy) is 2. The molecule has 85 heavy (non-hydrogen) atoms. The third-order valence-electron chi connectivity index (χ3n) is 15.4. The van der Waals surface area contributed by atoms with Gasteiger partial charge in [0.15, 0.2) is 0 Å². The summed E-state index contributed by atoms with van der Waals surface area (Å²) in [6, 6.07) is 16.4. The summed E-state index contributed by atoms with van der Waals surface area (Å²) in [5, 5.41) is 22.1. The van der Waals surface area contributed by atoms with Crippen molar-refractivity contribution >= 4 is 81.7 Å². The number of rotatable bonds is 19. The van der Waals surface area contributed by atoms with Crippen molar-refractivity contribution in [1.82, 2.24) is 41.0 Å². The van der Waals surface area contributed by atoms with Crippen molar-refractivity contribution < 1.29 is 71.3 Å². The summed E-state index contributed by atoms with van der Waals surface area (Å²) >= 11 is 2.45. The topological polar surface area (TPSA) is 286 Å². The number of β-amino-alcohol motifs (C(OH)–C–C–N with tert-alkyl or cyclic N) is 1. The summed E-state index contributed by atoms with van der Waals surface area (Å²) in [7, 11) is -5.88. The van der Waals surface area contributed by atoms with Crippen molar-refractivity contribution in [3.05, 3.63) is 112 Å². The first-order valence-corrected chi connectivity index (χ1v) is 31.2. The maximum Gasteiger partial charge on any atom is 0.399 e. The Kier molecular flexibility index (Phi) is 19.8. The molecule has 7 N–H and O–H groups in total. The minimum atomic E-state index is -5.88. The van der Waals surface area contributed by atoms with Crippen LogP contribution in [0, 0.1) is 17.8 Å². The van der Waals surface area contributed by atoms with Gasteiger partial charge >= 0.3 is 13.3 Å². The predicted molar refractivity (Wildman–Crippen MR) is 314 cm³/mol. The zero-order valence-electron chi connectivity index (χ0n) is 48.5. The number of amides is 7. The Balaban J connectivity index is 0.891. The van der Waals surface area contributed by atoms with Gasteiger partial charge in [-0.3, -0.25) is 38.1 Å². The van der Waals surface area contributed by atoms with Crippen molar-refractivity contribution in [3.8, 4) is 10.4 Å². The standard InChI is InChI=1S/C59H73F2N8O13PS2/c1-33(35-14-16-37(17-15-35)49-34(2)63-32-84-49)64-52(73)42-26-40(70)28-68(42)55(76)50(57(3,4)5)65-47(71)20-21-62-48(72)31-82-41-27-43(54(75)67-22-23-81-44(30-67)36-12-10-9-11-13-36)69(29-41)56(77)51(58(6,7)8)66-53(74)46-25-38-24-39(18-19-45(38)85-46)59(60,61)83(78,79)80/h9-19,24-25,32-33,40-44,50-51,70H,20-23,26-31H2,1-8H3,(H,62,72)(H,64,73)(H,65,71)(H,66,74)(H2,78,79,80)/t33-,40+,41-,42-,43-,44-,50+,51+/m0/s1. The van der Waals surface area contributed by atoms with E-state index in [0.717, 1.165) is 50.7 Å². The van der Waals surface area contributed by atoms with E-state index >= 15 is 0 Å². The van der Waals surface area contributed by atoms with Gasteiger partial charge in [-0.2, -0.15) is 8.78 Å². The van der Waals surface area contributed by atoms with Gasteiger partial charge in [-0.25, -0.2) is 4.98 Å². The zero-order chi connectivity index (χ0) is 61.9. The molecule has 26 heteroatoms. The number of hydrogen-bond donors (Lipinski definition) is 7. The van der Waals surface area contributed by atoms with E-state index in [-0.39, 0.29) is 68.9 Å². The number of aliphatic hydroxyl groups is 1. The van der Waals surface area contributed by atoms with Gasteiger partial charge in [-0.1, -0.05) is 102 Å². The predicted octanol–water partition coefficient (Wildman–Crippen LogP) is 6.17. The number of benzene rings is 3. The molecule has 0 spiro atoms. The zero-order valence-corrected chi connectivity index (χ0v) is 51.0. The molecule has 5 aromatic rings. The van der Waals surface area contributed by atoms with Crippen LogP contribution < -0.4 is 21.3 Å². The minimum absolute atomic E-state index is 0.00119. The number of nitrogens with one attached hydrogen (secondary N) is 4. The molecule has 3 aliphatic rings. The highest BCUT2D eigenvalue weighted by molar-refractivity contribution is 7.52. The molecular weight excluding hydrogens is 1160 g/mol. The van der Waals surface area contributed by atoms with Gasteiger partial charge in [-0.05, 0) is 65.0 Å². The Morgan fingerprint density at radius 3 is 2.12 bits per heavy atom. The van der Waals surface area contributed by atoms with Gasteiger partial charge in [-0.15, -0.1) is 22.7 Å². The fourth-order valence-corrected chi connectivity index (χ4v) is 12.9. The summed E-state index contributed by atoms with van der Waals surface area (Å²) in [6.45, 7) is 13.8. The molecule has 8 rings (SSSR count). The van der Waals surface area contributed by atoms with E-state index in [1.807, 2.05) is 68.4 Å². The number of aliphatic hydroxyl groups excluding tert-OH is 1. The highest BCUT2D eigenvalue weighted by atomic mass is 32.1. The van der Waals surface area contributed by atoms with Crippen LogP contribution in [0.5, 0.6) is 0 Å². The maximum atomic E-state index is 14.9. The largest absolute Gasteiger partial charge is 0.399 e. The molecule has 7 amide bonds. The molecular formula is C59H73F2N8O13PS2. The Hall–Kier alpha value is -6.57. The van der Waals surface area contributed by atoms with E-state index in [4.69, 9.17) is 9.47 Å². The Morgan fingerprint density at radius 2 is 1.48 bits per heavy atom. The highest BCUT2D eigenvalue weighted by Gasteiger charge is 2.51. The fraction of sp³-hybridized carbons (Fsp3) is 0.492. The Morgan fingerprint density at radius 1 is 0.824 bits per heavy atom. The Bertz CT molecular complexity index is 3330. The molecule has 0 radical (unpaired) electrons. The second-order valence-corrected chi connectivity index (χ2v) is 27.5. The van der Waals surface area contributed by atoms with Crippen LogP contribution in [0.25, 0.3) is 20.5 Å². The maximum absolute atomic E-state index is 14.9. The molecule has 3 aliphatic heterocycles. The summed E-state index contributed by atoms with van der Waals surface area (Å²) in [5.41, 5.74) is -1.88. The smallest absolute Gasteiger partial charge is 0.391 e. The molecule has 0 bridgehead atoms. The first kappa shape index (κ1) is 64.4. The van der Waals surface area contributed by atoms with Gasteiger partial charge < -0.3 is 60.3 Å². The molecule has 5 heterocycles. The van der Waals surface area contributed by atoms with Crippen LogP contribution in [0.3, 0.4) is 0 Å². The molecule has 3 fully saturated rings. The van der Waals surface area contributed by atoms with Crippen molar-refractivity contribution in [2.45, 2.75) is 129 Å². The molecule has 0 aliphatic carbocycles. The van der Waals surface area contributed by atoms with Gasteiger partial charge in [0.05, 0.1) is 52.4 Å². The van der Waals surface area contributed by atoms with Crippen molar-refractivity contribution in [3.63, 3.8) is 0 Å². The third kappa shape index (κ3) is 15.2. The number of hydrogen-bond acceptors (Lipinski definition) is 14. The number of thiophene rings is 1. The van der Waals surface area contributed by atoms with Crippen LogP contribution in [0.4, 0.5) is 8.78 Å². The fourth-order valence-electron chi connectivity index (χ4n) is 10.7. The van der Waals surface area contributed by atoms with Crippen molar-refractivity contribution in [1.29, 1.82) is 0 Å². The third-order valence-corrected chi connectivity index (χ3v) is 18.5. The second kappa shape index (κ2) is 26.2. The van der Waals surface area contributed by atoms with Crippen LogP contribution >= 0.6 is 30.3 Å². The van der Waals surface area contributed by atoms with Crippen LogP contribution in [-0.4, -0.2) is 158 Å². The first-order valence-electron chi connectivity index (χ1n) is 27.9. The number of halogens is 2. The summed E-state index contributed by atoms with van der Waals surface area (Å²) in [5.74, 6) is -4.00. The lowest BCUT2D eigenvalue weighted by atomic mass is 9.85. The monoisotopic (exact) mass is 1230 g/mol. The van der Waals surface area contributed by atoms with Gasteiger partial charge in [0.25, 0.3) is 5.91 Å². The number of aromatic nitrogens is 1. The van der Waals surface area contributed by atoms with Crippen LogP contribution in [0.2, 0.25) is 0 Å². The van der Waals surface area contributed by atoms with E-state index in [0.29, 0.717) is 4.70 Å². The number of likely N-dealkylation sites (tertiary alicyclic amines) is 2. The number of carbonyl (C=O) groups is 7. The summed E-state index contributed by atoms with van der Waals surface area (Å²) in [6.07, 6.45) is -2.59. The first-order chi connectivity index (χ1) is 39.9. The highest BCUT2D eigenvalue weighted by Crippen LogP contribution is 2.59. The number of thiazole rings is 1. The number of nitrogens with zero attached hydrogens (tertiary/aromatic N) is 4. The van der Waals surface area contributed by atoms with E-state index in [1.54, 1.807) is 52.0 Å². The SMILES string of the molecule is Cc1ncsc1-c1ccc([C@H](C)NC(=O)[C@@H]2C[C@@H](O)CN2C(=O)[C@@H](NC(=O)CCNC(=O)CO[C@H]2C[C@@H](C(=O)N3CCO[C@H](c4ccccc4)C3)N(C(=O)[C@@H](NC(=O)c3cc4cc(C(F)(F)P(=O)(O)O)ccc4s3)C(C)(C)C)C2)C(C)(C)C)cc1. The average Bonchev–Trinajstić information content (AvgIpc) is 3.63. The summed E-state index contributed by atoms with van der Waals surface area (Å²) in [4.78, 5) is 127. The van der Waals surface area contributed by atoms with E-state index < -0.39 is 126 Å². The number of alkyl halides is 2. The van der Waals surface area contributed by atoms with Crippen LogP contribution in [0.1, 0.15) is 112 Å². The molecule has 8 atom stereocenters. The average molecular weight is 1240 g/mol. The molecule has 21 nitrogen and oxygen atoms in total. The normalized spacial score (nSPS) is 20.6. The molecule has 458 valence electrons. The van der Waals surface area contributed by atoms with Gasteiger partial charge in [0.2, 0.25) is 35.4 Å². The molecule has 3 saturated heterocycles. The quantitative estimate of drug-likeness (QED) is 0.0456. The lowest BCUT2D eigenvalue weighted by Gasteiger charge is -2.38. The van der Waals surface area contributed by atoms with Gasteiger partial charge in [0.1, 0.15) is 36.9 Å². The Labute approximate surface area is 499 Å². The van der Waals surface area contributed by atoms with E-state index in [2.05, 4.69) is 26.3 Å². The number of fused-ring (bicyclic) bond motifs is 1. The molecule has 0 unspecified atom stereocenters.